The van der Waals surface area contributed by atoms with Gasteiger partial charge in [-0.2, -0.15) is 0 Å². The van der Waals surface area contributed by atoms with Crippen molar-refractivity contribution in [3.05, 3.63) is 29.3 Å². The first kappa shape index (κ1) is 14.8. The van der Waals surface area contributed by atoms with Crippen molar-refractivity contribution in [2.75, 3.05) is 51.9 Å². The average Bonchev–Trinajstić information content (AvgIpc) is 3.08. The maximum Gasteiger partial charge on any atom is 0.127 e. The van der Waals surface area contributed by atoms with Crippen molar-refractivity contribution in [1.29, 1.82) is 5.41 Å². The van der Waals surface area contributed by atoms with E-state index in [1.54, 1.807) is 0 Å². The molecule has 1 fully saturated rings. The predicted octanol–water partition coefficient (Wildman–Crippen LogP) is 1.53. The summed E-state index contributed by atoms with van der Waals surface area (Å²) in [6.45, 7) is 3.84. The zero-order chi connectivity index (χ0) is 15.5. The number of ether oxygens (including phenoxy) is 1. The highest BCUT2D eigenvalue weighted by Crippen LogP contribution is 2.27. The molecule has 3 rings (SSSR count). The fraction of sp³-hybridized carbons (Fsp3) is 0.500. The fourth-order valence-electron chi connectivity index (χ4n) is 2.74. The van der Waals surface area contributed by atoms with Crippen molar-refractivity contribution in [1.82, 2.24) is 4.90 Å². The van der Waals surface area contributed by atoms with Gasteiger partial charge in [-0.1, -0.05) is 17.3 Å². The quantitative estimate of drug-likeness (QED) is 0.679. The standard InChI is InChI=1S/C16H22N4O2/c1-19(2)16(17)12-3-4-13(14-5-8-22-18-14)15(11-12)20-6-9-21-10-7-20/h3-4,11,17H,5-10H2,1-2H3. The highest BCUT2D eigenvalue weighted by atomic mass is 16.6. The summed E-state index contributed by atoms with van der Waals surface area (Å²) in [6.07, 6.45) is 0.835. The maximum atomic E-state index is 8.20. The van der Waals surface area contributed by atoms with Crippen LogP contribution in [0, 0.1) is 5.41 Å². The molecule has 1 N–H and O–H groups in total. The Morgan fingerprint density at radius 2 is 2.00 bits per heavy atom. The van der Waals surface area contributed by atoms with E-state index in [4.69, 9.17) is 15.0 Å². The lowest BCUT2D eigenvalue weighted by atomic mass is 10.0. The molecule has 0 unspecified atom stereocenters. The van der Waals surface area contributed by atoms with Crippen LogP contribution in [0.1, 0.15) is 17.5 Å². The number of oxime groups is 1. The van der Waals surface area contributed by atoms with E-state index in [9.17, 15) is 0 Å². The second kappa shape index (κ2) is 6.36. The minimum Gasteiger partial charge on any atom is -0.395 e. The van der Waals surface area contributed by atoms with Crippen molar-refractivity contribution >= 4 is 17.2 Å². The van der Waals surface area contributed by atoms with Gasteiger partial charge in [-0.25, -0.2) is 0 Å². The topological polar surface area (TPSA) is 61.2 Å². The Bertz CT molecular complexity index is 592. The van der Waals surface area contributed by atoms with Crippen LogP contribution < -0.4 is 4.90 Å². The summed E-state index contributed by atoms with van der Waals surface area (Å²) in [5.74, 6) is 0.505. The van der Waals surface area contributed by atoms with Crippen LogP contribution in [-0.2, 0) is 9.57 Å². The second-order valence-electron chi connectivity index (χ2n) is 5.70. The summed E-state index contributed by atoms with van der Waals surface area (Å²) in [4.78, 5) is 9.29. The molecule has 6 heteroatoms. The number of nitrogens with zero attached hydrogens (tertiary/aromatic N) is 3. The summed E-state index contributed by atoms with van der Waals surface area (Å²) in [5, 5.41) is 12.4. The van der Waals surface area contributed by atoms with Gasteiger partial charge < -0.3 is 19.4 Å². The van der Waals surface area contributed by atoms with Gasteiger partial charge in [0.25, 0.3) is 0 Å². The third-order valence-corrected chi connectivity index (χ3v) is 3.99. The molecule has 0 saturated carbocycles. The van der Waals surface area contributed by atoms with E-state index in [2.05, 4.69) is 22.2 Å². The molecule has 118 valence electrons. The van der Waals surface area contributed by atoms with Crippen LogP contribution in [0.4, 0.5) is 5.69 Å². The number of nitrogens with one attached hydrogen (secondary N) is 1. The molecule has 0 amide bonds. The Balaban J connectivity index is 2.00. The van der Waals surface area contributed by atoms with Gasteiger partial charge in [0.05, 0.1) is 18.9 Å². The van der Waals surface area contributed by atoms with Gasteiger partial charge in [0, 0.05) is 50.4 Å². The van der Waals surface area contributed by atoms with Crippen molar-refractivity contribution in [2.45, 2.75) is 6.42 Å². The SMILES string of the molecule is CN(C)C(=N)c1ccc(C2=NOCC2)c(N2CCOCC2)c1. The summed E-state index contributed by atoms with van der Waals surface area (Å²) in [7, 11) is 3.78. The van der Waals surface area contributed by atoms with Crippen molar-refractivity contribution in [2.24, 2.45) is 5.16 Å². The van der Waals surface area contributed by atoms with Gasteiger partial charge in [-0.3, -0.25) is 5.41 Å². The average molecular weight is 302 g/mol. The maximum absolute atomic E-state index is 8.20. The highest BCUT2D eigenvalue weighted by Gasteiger charge is 2.21. The lowest BCUT2D eigenvalue weighted by Crippen LogP contribution is -2.37. The number of rotatable bonds is 3. The van der Waals surface area contributed by atoms with Crippen molar-refractivity contribution < 1.29 is 9.57 Å². The molecule has 1 saturated heterocycles. The monoisotopic (exact) mass is 302 g/mol. The summed E-state index contributed by atoms with van der Waals surface area (Å²) in [5.41, 5.74) is 4.13. The molecule has 0 atom stereocenters. The number of hydrogen-bond donors (Lipinski definition) is 1. The molecule has 0 aromatic heterocycles. The van der Waals surface area contributed by atoms with Gasteiger partial charge in [0.2, 0.25) is 0 Å². The molecule has 2 aliphatic rings. The minimum absolute atomic E-state index is 0.505. The Morgan fingerprint density at radius 1 is 1.23 bits per heavy atom. The molecule has 6 nitrogen and oxygen atoms in total. The summed E-state index contributed by atoms with van der Waals surface area (Å²) in [6, 6.07) is 6.14. The normalized spacial score (nSPS) is 17.9. The first-order valence-electron chi connectivity index (χ1n) is 7.59. The smallest absolute Gasteiger partial charge is 0.127 e. The fourth-order valence-corrected chi connectivity index (χ4v) is 2.74. The Labute approximate surface area is 130 Å². The number of benzene rings is 1. The molecule has 0 radical (unpaired) electrons. The van der Waals surface area contributed by atoms with Gasteiger partial charge in [-0.05, 0) is 6.07 Å². The number of morpholine rings is 1. The molecule has 1 aromatic rings. The van der Waals surface area contributed by atoms with Crippen LogP contribution in [0.15, 0.2) is 23.4 Å². The lowest BCUT2D eigenvalue weighted by molar-refractivity contribution is 0.122. The van der Waals surface area contributed by atoms with Crippen LogP contribution in [0.25, 0.3) is 0 Å². The molecule has 0 spiro atoms. The van der Waals surface area contributed by atoms with Crippen molar-refractivity contribution in [3.8, 4) is 0 Å². The molecular formula is C16H22N4O2. The van der Waals surface area contributed by atoms with Crippen LogP contribution in [-0.4, -0.2) is 63.5 Å². The third kappa shape index (κ3) is 2.92. The van der Waals surface area contributed by atoms with E-state index < -0.39 is 0 Å². The number of anilines is 1. The molecular weight excluding hydrogens is 280 g/mol. The first-order valence-corrected chi connectivity index (χ1v) is 7.59. The van der Waals surface area contributed by atoms with Crippen LogP contribution in [0.5, 0.6) is 0 Å². The van der Waals surface area contributed by atoms with Gasteiger partial charge in [0.15, 0.2) is 0 Å². The Kier molecular flexibility index (Phi) is 4.29. The Morgan fingerprint density at radius 3 is 2.64 bits per heavy atom. The van der Waals surface area contributed by atoms with E-state index in [0.29, 0.717) is 12.4 Å². The lowest BCUT2D eigenvalue weighted by Gasteiger charge is -2.31. The third-order valence-electron chi connectivity index (χ3n) is 3.99. The minimum atomic E-state index is 0.505. The van der Waals surface area contributed by atoms with Gasteiger partial charge in [0.1, 0.15) is 12.4 Å². The van der Waals surface area contributed by atoms with Crippen LogP contribution >= 0.6 is 0 Å². The molecule has 2 heterocycles. The number of hydrogen-bond acceptors (Lipinski definition) is 5. The zero-order valence-electron chi connectivity index (χ0n) is 13.1. The molecule has 2 aliphatic heterocycles. The zero-order valence-corrected chi connectivity index (χ0v) is 13.1. The first-order chi connectivity index (χ1) is 10.7. The van der Waals surface area contributed by atoms with Crippen LogP contribution in [0.2, 0.25) is 0 Å². The van der Waals surface area contributed by atoms with E-state index in [0.717, 1.165) is 55.3 Å². The van der Waals surface area contributed by atoms with Crippen LogP contribution in [0.3, 0.4) is 0 Å². The predicted molar refractivity (Wildman–Crippen MR) is 87.1 cm³/mol. The van der Waals surface area contributed by atoms with Gasteiger partial charge in [-0.15, -0.1) is 0 Å². The van der Waals surface area contributed by atoms with Gasteiger partial charge >= 0.3 is 0 Å². The van der Waals surface area contributed by atoms with E-state index in [1.165, 1.54) is 0 Å². The molecule has 0 bridgehead atoms. The molecule has 1 aromatic carbocycles. The van der Waals surface area contributed by atoms with E-state index in [-0.39, 0.29) is 0 Å². The molecule has 22 heavy (non-hydrogen) atoms. The molecule has 0 aliphatic carbocycles. The Hall–Kier alpha value is -2.08. The second-order valence-corrected chi connectivity index (χ2v) is 5.70. The number of amidine groups is 1. The van der Waals surface area contributed by atoms with E-state index >= 15 is 0 Å². The van der Waals surface area contributed by atoms with Crippen molar-refractivity contribution in [3.63, 3.8) is 0 Å². The summed E-state index contributed by atoms with van der Waals surface area (Å²) < 4.78 is 5.46. The highest BCUT2D eigenvalue weighted by molar-refractivity contribution is 6.07. The van der Waals surface area contributed by atoms with E-state index in [1.807, 2.05) is 25.1 Å². The summed E-state index contributed by atoms with van der Waals surface area (Å²) >= 11 is 0. The largest absolute Gasteiger partial charge is 0.395 e.